The standard InChI is InChI=1S/C13H25N3O/c1-6-8-14-11(7-2)13-16-15-12(17-13)10(5)9(3)4/h9-11,14H,6-8H2,1-5H3. The van der Waals surface area contributed by atoms with Crippen LogP contribution in [-0.2, 0) is 0 Å². The third kappa shape index (κ3) is 3.80. The Bertz CT molecular complexity index is 322. The molecule has 0 aliphatic heterocycles. The average Bonchev–Trinajstić information content (AvgIpc) is 2.78. The molecule has 0 saturated carbocycles. The lowest BCUT2D eigenvalue weighted by Crippen LogP contribution is -2.21. The van der Waals surface area contributed by atoms with Crippen LogP contribution in [0.5, 0.6) is 0 Å². The Morgan fingerprint density at radius 2 is 1.76 bits per heavy atom. The highest BCUT2D eigenvalue weighted by atomic mass is 16.4. The predicted molar refractivity (Wildman–Crippen MR) is 68.9 cm³/mol. The fourth-order valence-electron chi connectivity index (χ4n) is 1.58. The topological polar surface area (TPSA) is 51.0 Å². The van der Waals surface area contributed by atoms with Gasteiger partial charge in [-0.15, -0.1) is 10.2 Å². The molecular formula is C13H25N3O. The molecule has 1 aromatic heterocycles. The summed E-state index contributed by atoms with van der Waals surface area (Å²) in [6, 6.07) is 0.190. The first-order valence-electron chi connectivity index (χ1n) is 6.66. The highest BCUT2D eigenvalue weighted by molar-refractivity contribution is 4.94. The van der Waals surface area contributed by atoms with Crippen molar-refractivity contribution in [3.05, 3.63) is 11.8 Å². The van der Waals surface area contributed by atoms with Crippen LogP contribution in [0.25, 0.3) is 0 Å². The zero-order chi connectivity index (χ0) is 12.8. The number of aromatic nitrogens is 2. The monoisotopic (exact) mass is 239 g/mol. The number of rotatable bonds is 7. The maximum atomic E-state index is 5.77. The molecule has 0 amide bonds. The Kier molecular flexibility index (Phi) is 5.62. The molecule has 4 nitrogen and oxygen atoms in total. The van der Waals surface area contributed by atoms with E-state index in [9.17, 15) is 0 Å². The van der Waals surface area contributed by atoms with Crippen LogP contribution in [0, 0.1) is 5.92 Å². The summed E-state index contributed by atoms with van der Waals surface area (Å²) in [6.07, 6.45) is 2.08. The first-order chi connectivity index (χ1) is 8.10. The van der Waals surface area contributed by atoms with Crippen LogP contribution < -0.4 is 5.32 Å². The van der Waals surface area contributed by atoms with E-state index in [1.165, 1.54) is 0 Å². The summed E-state index contributed by atoms with van der Waals surface area (Å²) in [7, 11) is 0. The smallest absolute Gasteiger partial charge is 0.233 e. The van der Waals surface area contributed by atoms with Crippen LogP contribution in [0.1, 0.15) is 71.2 Å². The lowest BCUT2D eigenvalue weighted by atomic mass is 9.98. The van der Waals surface area contributed by atoms with Gasteiger partial charge in [0.2, 0.25) is 11.8 Å². The van der Waals surface area contributed by atoms with Crippen molar-refractivity contribution >= 4 is 0 Å². The van der Waals surface area contributed by atoms with Crippen LogP contribution in [-0.4, -0.2) is 16.7 Å². The van der Waals surface area contributed by atoms with Crippen LogP contribution in [0.3, 0.4) is 0 Å². The van der Waals surface area contributed by atoms with Crippen molar-refractivity contribution < 1.29 is 4.42 Å². The summed E-state index contributed by atoms with van der Waals surface area (Å²) in [5, 5.41) is 11.7. The van der Waals surface area contributed by atoms with Crippen molar-refractivity contribution in [1.29, 1.82) is 0 Å². The zero-order valence-electron chi connectivity index (χ0n) is 11.7. The van der Waals surface area contributed by atoms with E-state index in [-0.39, 0.29) is 6.04 Å². The lowest BCUT2D eigenvalue weighted by Gasteiger charge is -2.12. The van der Waals surface area contributed by atoms with Crippen molar-refractivity contribution in [3.8, 4) is 0 Å². The Balaban J connectivity index is 2.71. The summed E-state index contributed by atoms with van der Waals surface area (Å²) in [4.78, 5) is 0. The first-order valence-corrected chi connectivity index (χ1v) is 6.66. The van der Waals surface area contributed by atoms with Gasteiger partial charge in [-0.05, 0) is 25.3 Å². The molecule has 0 aliphatic rings. The van der Waals surface area contributed by atoms with E-state index in [4.69, 9.17) is 4.42 Å². The molecule has 1 heterocycles. The molecule has 4 heteroatoms. The van der Waals surface area contributed by atoms with Crippen molar-refractivity contribution in [2.24, 2.45) is 5.92 Å². The van der Waals surface area contributed by atoms with Crippen molar-refractivity contribution in [3.63, 3.8) is 0 Å². The Labute approximate surface area is 104 Å². The Hall–Kier alpha value is -0.900. The zero-order valence-corrected chi connectivity index (χ0v) is 11.7. The number of nitrogens with zero attached hydrogens (tertiary/aromatic N) is 2. The van der Waals surface area contributed by atoms with Gasteiger partial charge in [-0.25, -0.2) is 0 Å². The maximum Gasteiger partial charge on any atom is 0.233 e. The van der Waals surface area contributed by atoms with E-state index < -0.39 is 0 Å². The maximum absolute atomic E-state index is 5.77. The average molecular weight is 239 g/mol. The second-order valence-electron chi connectivity index (χ2n) is 4.93. The molecule has 0 bridgehead atoms. The number of hydrogen-bond acceptors (Lipinski definition) is 4. The van der Waals surface area contributed by atoms with Gasteiger partial charge in [-0.1, -0.05) is 34.6 Å². The van der Waals surface area contributed by atoms with Gasteiger partial charge in [-0.3, -0.25) is 0 Å². The van der Waals surface area contributed by atoms with E-state index in [1.807, 2.05) is 0 Å². The fraction of sp³-hybridized carbons (Fsp3) is 0.846. The number of nitrogens with one attached hydrogen (secondary N) is 1. The quantitative estimate of drug-likeness (QED) is 0.793. The molecule has 1 N–H and O–H groups in total. The summed E-state index contributed by atoms with van der Waals surface area (Å²) in [6.45, 7) is 11.7. The van der Waals surface area contributed by atoms with Crippen LogP contribution in [0.2, 0.25) is 0 Å². The van der Waals surface area contributed by atoms with Gasteiger partial charge in [0.05, 0.1) is 6.04 Å². The molecule has 1 rings (SSSR count). The van der Waals surface area contributed by atoms with E-state index in [2.05, 4.69) is 50.1 Å². The summed E-state index contributed by atoms with van der Waals surface area (Å²) in [5.41, 5.74) is 0. The van der Waals surface area contributed by atoms with E-state index >= 15 is 0 Å². The van der Waals surface area contributed by atoms with Gasteiger partial charge in [0.15, 0.2) is 0 Å². The molecule has 2 atom stereocenters. The number of hydrogen-bond donors (Lipinski definition) is 1. The van der Waals surface area contributed by atoms with E-state index in [1.54, 1.807) is 0 Å². The second-order valence-corrected chi connectivity index (χ2v) is 4.93. The highest BCUT2D eigenvalue weighted by Crippen LogP contribution is 2.24. The fourth-order valence-corrected chi connectivity index (χ4v) is 1.58. The van der Waals surface area contributed by atoms with Crippen molar-refractivity contribution in [2.75, 3.05) is 6.54 Å². The third-order valence-corrected chi connectivity index (χ3v) is 3.19. The molecule has 0 radical (unpaired) electrons. The molecule has 1 aromatic rings. The second kappa shape index (κ2) is 6.74. The van der Waals surface area contributed by atoms with Crippen LogP contribution in [0.15, 0.2) is 4.42 Å². The van der Waals surface area contributed by atoms with Crippen molar-refractivity contribution in [1.82, 2.24) is 15.5 Å². The molecule has 98 valence electrons. The normalized spacial score (nSPS) is 15.2. The Morgan fingerprint density at radius 1 is 1.12 bits per heavy atom. The van der Waals surface area contributed by atoms with Gasteiger partial charge >= 0.3 is 0 Å². The third-order valence-electron chi connectivity index (χ3n) is 3.19. The minimum atomic E-state index is 0.190. The molecule has 0 saturated heterocycles. The summed E-state index contributed by atoms with van der Waals surface area (Å²) < 4.78 is 5.77. The van der Waals surface area contributed by atoms with Gasteiger partial charge in [0.1, 0.15) is 0 Å². The van der Waals surface area contributed by atoms with Crippen LogP contribution >= 0.6 is 0 Å². The van der Waals surface area contributed by atoms with Gasteiger partial charge in [-0.2, -0.15) is 0 Å². The molecular weight excluding hydrogens is 214 g/mol. The minimum Gasteiger partial charge on any atom is -0.423 e. The molecule has 0 spiro atoms. The van der Waals surface area contributed by atoms with Gasteiger partial charge < -0.3 is 9.73 Å². The lowest BCUT2D eigenvalue weighted by molar-refractivity contribution is 0.342. The molecule has 17 heavy (non-hydrogen) atoms. The Morgan fingerprint density at radius 3 is 2.29 bits per heavy atom. The van der Waals surface area contributed by atoms with Gasteiger partial charge in [0, 0.05) is 5.92 Å². The van der Waals surface area contributed by atoms with Crippen molar-refractivity contribution in [2.45, 2.75) is 59.4 Å². The molecule has 2 unspecified atom stereocenters. The van der Waals surface area contributed by atoms with Crippen LogP contribution in [0.4, 0.5) is 0 Å². The van der Waals surface area contributed by atoms with E-state index in [0.29, 0.717) is 11.8 Å². The highest BCUT2D eigenvalue weighted by Gasteiger charge is 2.20. The first kappa shape index (κ1) is 14.2. The SMILES string of the molecule is CCCNC(CC)c1nnc(C(C)C(C)C)o1. The van der Waals surface area contributed by atoms with E-state index in [0.717, 1.165) is 31.2 Å². The summed E-state index contributed by atoms with van der Waals surface area (Å²) in [5.74, 6) is 2.32. The van der Waals surface area contributed by atoms with Gasteiger partial charge in [0.25, 0.3) is 0 Å². The summed E-state index contributed by atoms with van der Waals surface area (Å²) >= 11 is 0. The molecule has 0 aromatic carbocycles. The molecule has 0 fully saturated rings. The minimum absolute atomic E-state index is 0.190. The largest absolute Gasteiger partial charge is 0.423 e. The molecule has 0 aliphatic carbocycles. The predicted octanol–water partition coefficient (Wildman–Crippen LogP) is 3.28.